The molecule has 2 rings (SSSR count). The first-order valence-corrected chi connectivity index (χ1v) is 6.72. The van der Waals surface area contributed by atoms with Crippen LogP contribution in [-0.2, 0) is 6.54 Å². The lowest BCUT2D eigenvalue weighted by Crippen LogP contribution is -2.16. The summed E-state index contributed by atoms with van der Waals surface area (Å²) in [5, 5.41) is 15.4. The van der Waals surface area contributed by atoms with Crippen LogP contribution in [0.5, 0.6) is 0 Å². The minimum Gasteiger partial charge on any atom is -0.409 e. The molecule has 0 atom stereocenters. The van der Waals surface area contributed by atoms with Gasteiger partial charge in [0.1, 0.15) is 5.82 Å². The minimum atomic E-state index is -0.548. The number of nitrogens with one attached hydrogen (secondary N) is 1. The third-order valence-electron chi connectivity index (χ3n) is 2.81. The molecule has 0 aromatic heterocycles. The van der Waals surface area contributed by atoms with E-state index in [2.05, 4.69) is 10.5 Å². The predicted octanol–water partition coefficient (Wildman–Crippen LogP) is 3.84. The zero-order valence-corrected chi connectivity index (χ0v) is 12.3. The van der Waals surface area contributed by atoms with Crippen molar-refractivity contribution in [2.24, 2.45) is 10.9 Å². The van der Waals surface area contributed by atoms with Gasteiger partial charge in [0.05, 0.1) is 5.56 Å². The molecule has 0 aliphatic heterocycles. The van der Waals surface area contributed by atoms with Crippen LogP contribution in [0.2, 0.25) is 10.0 Å². The molecule has 0 heterocycles. The van der Waals surface area contributed by atoms with Crippen molar-refractivity contribution in [2.45, 2.75) is 6.54 Å². The average molecular weight is 328 g/mol. The summed E-state index contributed by atoms with van der Waals surface area (Å²) >= 11 is 11.8. The fraction of sp³-hybridized carbons (Fsp3) is 0.0714. The van der Waals surface area contributed by atoms with E-state index in [4.69, 9.17) is 34.1 Å². The van der Waals surface area contributed by atoms with Crippen molar-refractivity contribution in [1.82, 2.24) is 0 Å². The highest BCUT2D eigenvalue weighted by Gasteiger charge is 2.11. The van der Waals surface area contributed by atoms with Gasteiger partial charge in [-0.25, -0.2) is 4.39 Å². The highest BCUT2D eigenvalue weighted by Crippen LogP contribution is 2.23. The monoisotopic (exact) mass is 327 g/mol. The molecule has 7 heteroatoms. The van der Waals surface area contributed by atoms with Gasteiger partial charge >= 0.3 is 0 Å². The molecule has 0 saturated carbocycles. The fourth-order valence-corrected chi connectivity index (χ4v) is 2.35. The molecule has 21 heavy (non-hydrogen) atoms. The lowest BCUT2D eigenvalue weighted by molar-refractivity contribution is 0.318. The van der Waals surface area contributed by atoms with Crippen LogP contribution in [-0.4, -0.2) is 11.0 Å². The number of halogens is 3. The molecule has 0 bridgehead atoms. The summed E-state index contributed by atoms with van der Waals surface area (Å²) in [5.41, 5.74) is 6.50. The number of hydrogen-bond donors (Lipinski definition) is 3. The second-order valence-electron chi connectivity index (χ2n) is 4.28. The van der Waals surface area contributed by atoms with E-state index < -0.39 is 5.82 Å². The molecular formula is C14H12Cl2FN3O. The van der Waals surface area contributed by atoms with Crippen LogP contribution in [0.1, 0.15) is 11.1 Å². The molecule has 4 nitrogen and oxygen atoms in total. The van der Waals surface area contributed by atoms with Gasteiger partial charge in [-0.2, -0.15) is 0 Å². The second kappa shape index (κ2) is 6.65. The lowest BCUT2D eigenvalue weighted by atomic mass is 10.1. The Hall–Kier alpha value is -1.98. The topological polar surface area (TPSA) is 70.6 Å². The van der Waals surface area contributed by atoms with Crippen molar-refractivity contribution in [3.63, 3.8) is 0 Å². The highest BCUT2D eigenvalue weighted by atomic mass is 35.5. The lowest BCUT2D eigenvalue weighted by Gasteiger charge is -2.10. The molecule has 0 spiro atoms. The maximum absolute atomic E-state index is 14.2. The number of nitrogens with two attached hydrogens (primary N) is 1. The molecule has 0 fully saturated rings. The molecule has 2 aromatic carbocycles. The third-order valence-corrected chi connectivity index (χ3v) is 3.24. The zero-order valence-electron chi connectivity index (χ0n) is 10.8. The van der Waals surface area contributed by atoms with Crippen molar-refractivity contribution >= 4 is 34.7 Å². The maximum atomic E-state index is 14.2. The maximum Gasteiger partial charge on any atom is 0.173 e. The van der Waals surface area contributed by atoms with Crippen molar-refractivity contribution in [1.29, 1.82) is 0 Å². The SMILES string of the molecule is N/C(=N/O)c1cccc(CNc2cc(Cl)cc(Cl)c2)c1F. The summed E-state index contributed by atoms with van der Waals surface area (Å²) in [6.07, 6.45) is 0. The smallest absolute Gasteiger partial charge is 0.173 e. The number of anilines is 1. The summed E-state index contributed by atoms with van der Waals surface area (Å²) in [5.74, 6) is -0.825. The van der Waals surface area contributed by atoms with Gasteiger partial charge in [0, 0.05) is 27.8 Å². The van der Waals surface area contributed by atoms with Gasteiger partial charge in [0.15, 0.2) is 5.84 Å². The molecule has 2 aromatic rings. The summed E-state index contributed by atoms with van der Waals surface area (Å²) < 4.78 is 14.2. The van der Waals surface area contributed by atoms with Crippen LogP contribution >= 0.6 is 23.2 Å². The summed E-state index contributed by atoms with van der Waals surface area (Å²) in [6, 6.07) is 9.62. The molecular weight excluding hydrogens is 316 g/mol. The van der Waals surface area contributed by atoms with Crippen molar-refractivity contribution in [3.05, 3.63) is 63.4 Å². The first-order valence-electron chi connectivity index (χ1n) is 5.96. The summed E-state index contributed by atoms with van der Waals surface area (Å²) in [6.45, 7) is 0.203. The van der Waals surface area contributed by atoms with Crippen LogP contribution < -0.4 is 11.1 Å². The van der Waals surface area contributed by atoms with Crippen LogP contribution in [0.3, 0.4) is 0 Å². The van der Waals surface area contributed by atoms with E-state index in [0.717, 1.165) is 0 Å². The predicted molar refractivity (Wildman–Crippen MR) is 82.7 cm³/mol. The Bertz CT molecular complexity index is 672. The van der Waals surface area contributed by atoms with Crippen LogP contribution in [0.25, 0.3) is 0 Å². The standard InChI is InChI=1S/C14H12Cl2FN3O/c15-9-4-10(16)6-11(5-9)19-7-8-2-1-3-12(13(8)17)14(18)20-21/h1-6,19,21H,7H2,(H2,18,20). The Morgan fingerprint density at radius 3 is 2.52 bits per heavy atom. The average Bonchev–Trinajstić information content (AvgIpc) is 2.44. The van der Waals surface area contributed by atoms with Crippen molar-refractivity contribution in [3.8, 4) is 0 Å². The first-order chi connectivity index (χ1) is 10.0. The van der Waals surface area contributed by atoms with Crippen molar-refractivity contribution in [2.75, 3.05) is 5.32 Å². The summed E-state index contributed by atoms with van der Waals surface area (Å²) in [7, 11) is 0. The molecule has 110 valence electrons. The highest BCUT2D eigenvalue weighted by molar-refractivity contribution is 6.35. The van der Waals surface area contributed by atoms with Gasteiger partial charge in [-0.05, 0) is 24.3 Å². The number of oxime groups is 1. The second-order valence-corrected chi connectivity index (χ2v) is 5.15. The van der Waals surface area contributed by atoms with Gasteiger partial charge in [-0.3, -0.25) is 0 Å². The van der Waals surface area contributed by atoms with Gasteiger partial charge in [-0.15, -0.1) is 0 Å². The van der Waals surface area contributed by atoms with E-state index in [0.29, 0.717) is 21.3 Å². The number of rotatable bonds is 4. The molecule has 0 aliphatic carbocycles. The normalized spacial score (nSPS) is 11.5. The Kier molecular flexibility index (Phi) is 4.88. The largest absolute Gasteiger partial charge is 0.409 e. The number of benzene rings is 2. The van der Waals surface area contributed by atoms with E-state index in [9.17, 15) is 4.39 Å². The van der Waals surface area contributed by atoms with Crippen LogP contribution in [0.15, 0.2) is 41.6 Å². The first kappa shape index (κ1) is 15.4. The number of nitrogens with zero attached hydrogens (tertiary/aromatic N) is 1. The minimum absolute atomic E-state index is 0.0425. The third kappa shape index (κ3) is 3.77. The molecule has 0 saturated heterocycles. The van der Waals surface area contributed by atoms with Crippen LogP contribution in [0.4, 0.5) is 10.1 Å². The van der Waals surface area contributed by atoms with Crippen molar-refractivity contribution < 1.29 is 9.60 Å². The molecule has 0 aliphatic rings. The fourth-order valence-electron chi connectivity index (χ4n) is 1.82. The van der Waals surface area contributed by atoms with E-state index in [1.54, 1.807) is 30.3 Å². The van der Waals surface area contributed by atoms with E-state index in [1.807, 2.05) is 0 Å². The van der Waals surface area contributed by atoms with E-state index >= 15 is 0 Å². The summed E-state index contributed by atoms with van der Waals surface area (Å²) in [4.78, 5) is 0. The van der Waals surface area contributed by atoms with E-state index in [1.165, 1.54) is 6.07 Å². The molecule has 0 amide bonds. The molecule has 0 radical (unpaired) electrons. The molecule has 0 unspecified atom stereocenters. The Labute approximate surface area is 131 Å². The van der Waals surface area contributed by atoms with Gasteiger partial charge in [0.25, 0.3) is 0 Å². The number of hydrogen-bond acceptors (Lipinski definition) is 3. The Morgan fingerprint density at radius 2 is 1.90 bits per heavy atom. The van der Waals surface area contributed by atoms with Crippen LogP contribution in [0, 0.1) is 5.82 Å². The van der Waals surface area contributed by atoms with Gasteiger partial charge in [0.2, 0.25) is 0 Å². The molecule has 4 N–H and O–H groups in total. The Balaban J connectivity index is 2.20. The number of amidine groups is 1. The van der Waals surface area contributed by atoms with Gasteiger partial charge in [-0.1, -0.05) is 40.5 Å². The van der Waals surface area contributed by atoms with E-state index in [-0.39, 0.29) is 17.9 Å². The zero-order chi connectivity index (χ0) is 15.4. The quantitative estimate of drug-likeness (QED) is 0.346. The Morgan fingerprint density at radius 1 is 1.24 bits per heavy atom. The van der Waals surface area contributed by atoms with Gasteiger partial charge < -0.3 is 16.3 Å².